The van der Waals surface area contributed by atoms with E-state index < -0.39 is 0 Å². The highest BCUT2D eigenvalue weighted by Gasteiger charge is 2.12. The number of nitrogens with zero attached hydrogens (tertiary/aromatic N) is 2. The van der Waals surface area contributed by atoms with Crippen LogP contribution in [-0.4, -0.2) is 9.55 Å². The Kier molecular flexibility index (Phi) is 2.69. The minimum absolute atomic E-state index is 0.555. The molecular weight excluding hydrogens is 242 g/mol. The maximum Gasteiger partial charge on any atom is 0.141 e. The Morgan fingerprint density at radius 1 is 1.33 bits per heavy atom. The first kappa shape index (κ1) is 11.4. The fourth-order valence-corrected chi connectivity index (χ4v) is 3.03. The number of rotatable bonds is 2. The van der Waals surface area contributed by atoms with Crippen molar-refractivity contribution in [2.45, 2.75) is 13.5 Å². The second-order valence-corrected chi connectivity index (χ2v) is 5.23. The lowest BCUT2D eigenvalue weighted by Gasteiger charge is -2.01. The molecule has 92 valence electrons. The van der Waals surface area contributed by atoms with Gasteiger partial charge in [0.05, 0.1) is 11.0 Å². The minimum Gasteiger partial charge on any atom is -0.327 e. The molecule has 0 aliphatic heterocycles. The van der Waals surface area contributed by atoms with E-state index in [0.717, 1.165) is 22.4 Å². The number of benzene rings is 1. The van der Waals surface area contributed by atoms with E-state index in [4.69, 9.17) is 10.7 Å². The summed E-state index contributed by atoms with van der Waals surface area (Å²) < 4.78 is 2.14. The summed E-state index contributed by atoms with van der Waals surface area (Å²) in [6.45, 7) is 2.68. The second kappa shape index (κ2) is 4.23. The molecule has 0 saturated carbocycles. The molecule has 0 atom stereocenters. The van der Waals surface area contributed by atoms with Crippen LogP contribution in [0.2, 0.25) is 0 Å². The van der Waals surface area contributed by atoms with E-state index in [-0.39, 0.29) is 0 Å². The molecule has 0 bridgehead atoms. The van der Waals surface area contributed by atoms with Crippen LogP contribution in [0.4, 0.5) is 0 Å². The van der Waals surface area contributed by atoms with Gasteiger partial charge in [-0.05, 0) is 35.6 Å². The van der Waals surface area contributed by atoms with Gasteiger partial charge in [0.1, 0.15) is 5.82 Å². The van der Waals surface area contributed by atoms with Crippen LogP contribution in [-0.2, 0) is 13.6 Å². The van der Waals surface area contributed by atoms with Crippen molar-refractivity contribution in [1.29, 1.82) is 0 Å². The van der Waals surface area contributed by atoms with Gasteiger partial charge in [-0.2, -0.15) is 11.3 Å². The monoisotopic (exact) mass is 257 g/mol. The van der Waals surface area contributed by atoms with Crippen LogP contribution in [0.5, 0.6) is 0 Å². The molecule has 0 unspecified atom stereocenters. The SMILES string of the molecule is Cc1cscc1-c1nc2cc(CN)ccc2n1C. The van der Waals surface area contributed by atoms with Gasteiger partial charge in [0.15, 0.2) is 0 Å². The summed E-state index contributed by atoms with van der Waals surface area (Å²) in [6.07, 6.45) is 0. The predicted octanol–water partition coefficient (Wildman–Crippen LogP) is 3.07. The Bertz CT molecular complexity index is 709. The molecule has 0 radical (unpaired) electrons. The van der Waals surface area contributed by atoms with Crippen LogP contribution in [0.3, 0.4) is 0 Å². The first-order valence-corrected chi connectivity index (χ1v) is 6.83. The first-order valence-electron chi connectivity index (χ1n) is 5.89. The number of aromatic nitrogens is 2. The van der Waals surface area contributed by atoms with Gasteiger partial charge in [0, 0.05) is 24.5 Å². The lowest BCUT2D eigenvalue weighted by Crippen LogP contribution is -1.95. The van der Waals surface area contributed by atoms with E-state index in [1.807, 2.05) is 0 Å². The molecular formula is C14H15N3S. The fourth-order valence-electron chi connectivity index (χ4n) is 2.20. The molecule has 4 heteroatoms. The average Bonchev–Trinajstić information content (AvgIpc) is 2.93. The largest absolute Gasteiger partial charge is 0.327 e. The molecule has 3 aromatic rings. The molecule has 0 spiro atoms. The molecule has 0 saturated heterocycles. The molecule has 2 aromatic heterocycles. The van der Waals surface area contributed by atoms with Crippen LogP contribution >= 0.6 is 11.3 Å². The predicted molar refractivity (Wildman–Crippen MR) is 76.7 cm³/mol. The summed E-state index contributed by atoms with van der Waals surface area (Å²) in [7, 11) is 2.06. The molecule has 0 fully saturated rings. The summed E-state index contributed by atoms with van der Waals surface area (Å²) in [5.74, 6) is 1.03. The quantitative estimate of drug-likeness (QED) is 0.766. The van der Waals surface area contributed by atoms with E-state index in [2.05, 4.69) is 47.5 Å². The molecule has 3 rings (SSSR count). The molecule has 3 nitrogen and oxygen atoms in total. The topological polar surface area (TPSA) is 43.8 Å². The molecule has 0 amide bonds. The van der Waals surface area contributed by atoms with Crippen molar-refractivity contribution in [3.8, 4) is 11.4 Å². The van der Waals surface area contributed by atoms with Crippen molar-refractivity contribution in [2.75, 3.05) is 0 Å². The van der Waals surface area contributed by atoms with Crippen LogP contribution in [0.1, 0.15) is 11.1 Å². The maximum absolute atomic E-state index is 5.67. The van der Waals surface area contributed by atoms with Crippen molar-refractivity contribution >= 4 is 22.4 Å². The number of hydrogen-bond donors (Lipinski definition) is 1. The van der Waals surface area contributed by atoms with Gasteiger partial charge in [-0.3, -0.25) is 0 Å². The van der Waals surface area contributed by atoms with Gasteiger partial charge >= 0.3 is 0 Å². The lowest BCUT2D eigenvalue weighted by atomic mass is 10.2. The van der Waals surface area contributed by atoms with Gasteiger partial charge in [0.25, 0.3) is 0 Å². The number of fused-ring (bicyclic) bond motifs is 1. The van der Waals surface area contributed by atoms with Gasteiger partial charge in [-0.25, -0.2) is 4.98 Å². The van der Waals surface area contributed by atoms with E-state index in [0.29, 0.717) is 6.54 Å². The zero-order chi connectivity index (χ0) is 12.7. The third-order valence-corrected chi connectivity index (χ3v) is 4.14. The Hall–Kier alpha value is -1.65. The van der Waals surface area contributed by atoms with Crippen molar-refractivity contribution < 1.29 is 0 Å². The van der Waals surface area contributed by atoms with Gasteiger partial charge < -0.3 is 10.3 Å². The molecule has 2 heterocycles. The second-order valence-electron chi connectivity index (χ2n) is 4.49. The number of thiophene rings is 1. The van der Waals surface area contributed by atoms with Gasteiger partial charge in [0.2, 0.25) is 0 Å². The van der Waals surface area contributed by atoms with Crippen molar-refractivity contribution in [1.82, 2.24) is 9.55 Å². The Morgan fingerprint density at radius 3 is 2.83 bits per heavy atom. The van der Waals surface area contributed by atoms with Crippen LogP contribution in [0, 0.1) is 6.92 Å². The highest BCUT2D eigenvalue weighted by Crippen LogP contribution is 2.28. The van der Waals surface area contributed by atoms with E-state index in [1.54, 1.807) is 11.3 Å². The molecule has 0 aliphatic rings. The van der Waals surface area contributed by atoms with Crippen LogP contribution in [0.15, 0.2) is 29.0 Å². The minimum atomic E-state index is 0.555. The Morgan fingerprint density at radius 2 is 2.17 bits per heavy atom. The van der Waals surface area contributed by atoms with Crippen LogP contribution in [0.25, 0.3) is 22.4 Å². The molecule has 1 aromatic carbocycles. The average molecular weight is 257 g/mol. The number of hydrogen-bond acceptors (Lipinski definition) is 3. The zero-order valence-electron chi connectivity index (χ0n) is 10.5. The van der Waals surface area contributed by atoms with Crippen molar-refractivity contribution in [2.24, 2.45) is 12.8 Å². The summed E-state index contributed by atoms with van der Waals surface area (Å²) in [5, 5.41) is 4.31. The third kappa shape index (κ3) is 1.65. The molecule has 18 heavy (non-hydrogen) atoms. The van der Waals surface area contributed by atoms with Gasteiger partial charge in [-0.15, -0.1) is 0 Å². The lowest BCUT2D eigenvalue weighted by molar-refractivity contribution is 0.958. The van der Waals surface area contributed by atoms with Crippen molar-refractivity contribution in [3.63, 3.8) is 0 Å². The Labute approximate surface area is 110 Å². The smallest absolute Gasteiger partial charge is 0.141 e. The first-order chi connectivity index (χ1) is 8.70. The summed E-state index contributed by atoms with van der Waals surface area (Å²) in [4.78, 5) is 4.74. The van der Waals surface area contributed by atoms with E-state index in [1.165, 1.54) is 11.1 Å². The van der Waals surface area contributed by atoms with Crippen molar-refractivity contribution in [3.05, 3.63) is 40.1 Å². The number of aryl methyl sites for hydroxylation is 2. The number of nitrogens with two attached hydrogens (primary N) is 1. The maximum atomic E-state index is 5.67. The van der Waals surface area contributed by atoms with Gasteiger partial charge in [-0.1, -0.05) is 6.07 Å². The summed E-state index contributed by atoms with van der Waals surface area (Å²) in [5.41, 5.74) is 11.4. The fraction of sp³-hybridized carbons (Fsp3) is 0.214. The molecule has 0 aliphatic carbocycles. The Balaban J connectivity index is 2.25. The normalized spacial score (nSPS) is 11.3. The summed E-state index contributed by atoms with van der Waals surface area (Å²) >= 11 is 1.71. The third-order valence-electron chi connectivity index (χ3n) is 3.28. The highest BCUT2D eigenvalue weighted by molar-refractivity contribution is 7.08. The number of imidazole rings is 1. The summed E-state index contributed by atoms with van der Waals surface area (Å²) in [6, 6.07) is 6.23. The van der Waals surface area contributed by atoms with Crippen LogP contribution < -0.4 is 5.73 Å². The van der Waals surface area contributed by atoms with E-state index >= 15 is 0 Å². The standard InChI is InChI=1S/C14H15N3S/c1-9-7-18-8-11(9)14-16-12-5-10(6-15)3-4-13(12)17(14)2/h3-5,7-8H,6,15H2,1-2H3. The molecule has 2 N–H and O–H groups in total. The highest BCUT2D eigenvalue weighted by atomic mass is 32.1. The van der Waals surface area contributed by atoms with E-state index in [9.17, 15) is 0 Å². The zero-order valence-corrected chi connectivity index (χ0v) is 11.3.